The minimum atomic E-state index is -1.17. The Labute approximate surface area is 325 Å². The number of esters is 2. The molecule has 0 saturated carbocycles. The van der Waals surface area contributed by atoms with E-state index in [2.05, 4.69) is 10.3 Å². The van der Waals surface area contributed by atoms with E-state index in [1.165, 1.54) is 46.2 Å². The first-order chi connectivity index (χ1) is 24.9. The Hall–Kier alpha value is -4.34. The zero-order valence-electron chi connectivity index (χ0n) is 32.1. The number of hydrogen-bond donors (Lipinski definition) is 2. The van der Waals surface area contributed by atoms with E-state index >= 15 is 0 Å². The molecule has 13 nitrogen and oxygen atoms in total. The van der Waals surface area contributed by atoms with Gasteiger partial charge >= 0.3 is 11.9 Å². The summed E-state index contributed by atoms with van der Waals surface area (Å²) in [6.07, 6.45) is 4.55. The molecular weight excluding hydrogens is 741 g/mol. The molecule has 2 N–H and O–H groups in total. The molecule has 2 amide bonds. The number of carbonyl (C=O) groups is 4. The van der Waals surface area contributed by atoms with Crippen LogP contribution in [0.25, 0.3) is 10.6 Å². The van der Waals surface area contributed by atoms with Gasteiger partial charge in [0.15, 0.2) is 11.4 Å². The van der Waals surface area contributed by atoms with Crippen molar-refractivity contribution in [3.63, 3.8) is 0 Å². The van der Waals surface area contributed by atoms with E-state index < -0.39 is 45.6 Å². The molecule has 2 aromatic heterocycles. The quantitative estimate of drug-likeness (QED) is 0.259. The molecule has 4 heterocycles. The van der Waals surface area contributed by atoms with Crippen LogP contribution in [-0.4, -0.2) is 100 Å². The predicted octanol–water partition coefficient (Wildman–Crippen LogP) is 4.76. The number of ether oxygens (including phenoxy) is 2. The van der Waals surface area contributed by atoms with Gasteiger partial charge in [0.25, 0.3) is 5.91 Å². The van der Waals surface area contributed by atoms with E-state index in [0.717, 1.165) is 23.4 Å². The van der Waals surface area contributed by atoms with Gasteiger partial charge in [-0.1, -0.05) is 19.1 Å². The molecule has 296 valence electrons. The molecule has 0 spiro atoms. The summed E-state index contributed by atoms with van der Waals surface area (Å²) < 4.78 is 24.7. The first kappa shape index (κ1) is 44.1. The average molecular weight is 792 g/mol. The Kier molecular flexibility index (Phi) is 14.6. The zero-order chi connectivity index (χ0) is 39.3. The zero-order valence-corrected chi connectivity index (χ0v) is 33.7. The van der Waals surface area contributed by atoms with Crippen LogP contribution in [0.5, 0.6) is 5.75 Å². The molecule has 0 radical (unpaired) electrons. The first-order valence-corrected chi connectivity index (χ1v) is 18.5. The molecule has 2 aliphatic rings. The maximum Gasteiger partial charge on any atom is 0.313 e. The minimum absolute atomic E-state index is 0. The van der Waals surface area contributed by atoms with Crippen LogP contribution in [0.4, 0.5) is 4.39 Å². The van der Waals surface area contributed by atoms with Crippen molar-refractivity contribution in [2.45, 2.75) is 78.9 Å². The summed E-state index contributed by atoms with van der Waals surface area (Å²) in [5.74, 6) is -2.44. The molecule has 5 rings (SSSR count). The van der Waals surface area contributed by atoms with Crippen LogP contribution in [0, 0.1) is 11.2 Å². The number of thiazole rings is 1. The number of halogens is 2. The Morgan fingerprint density at radius 3 is 2.28 bits per heavy atom. The largest absolute Gasteiger partial charge is 0.503 e. The summed E-state index contributed by atoms with van der Waals surface area (Å²) >= 11 is 1.27. The van der Waals surface area contributed by atoms with Crippen LogP contribution in [0.1, 0.15) is 82.2 Å². The van der Waals surface area contributed by atoms with Gasteiger partial charge in [-0.25, -0.2) is 9.37 Å². The van der Waals surface area contributed by atoms with E-state index in [4.69, 9.17) is 9.47 Å². The molecular formula is C38H51ClFN5O8S. The number of fused-ring (bicyclic) bond motifs is 1. The highest BCUT2D eigenvalue weighted by atomic mass is 35.5. The van der Waals surface area contributed by atoms with Crippen molar-refractivity contribution in [3.8, 4) is 16.3 Å². The second kappa shape index (κ2) is 17.9. The van der Waals surface area contributed by atoms with Crippen LogP contribution in [0.3, 0.4) is 0 Å². The monoisotopic (exact) mass is 791 g/mol. The molecule has 1 fully saturated rings. The van der Waals surface area contributed by atoms with E-state index in [1.54, 1.807) is 64.8 Å². The first-order valence-electron chi connectivity index (χ1n) is 17.7. The number of nitrogens with one attached hydrogen (secondary N) is 1. The number of amides is 2. The number of benzene rings is 1. The van der Waals surface area contributed by atoms with Crippen LogP contribution < -0.4 is 10.7 Å². The Morgan fingerprint density at radius 1 is 1.09 bits per heavy atom. The van der Waals surface area contributed by atoms with Crippen LogP contribution in [0.2, 0.25) is 0 Å². The normalized spacial score (nSPS) is 17.5. The molecule has 2 atom stereocenters. The number of nitrogens with zero attached hydrogens (tertiary/aromatic N) is 4. The Morgan fingerprint density at radius 2 is 1.74 bits per heavy atom. The van der Waals surface area contributed by atoms with Crippen LogP contribution >= 0.6 is 23.7 Å². The lowest BCUT2D eigenvalue weighted by atomic mass is 9.86. The molecule has 0 unspecified atom stereocenters. The number of carbonyl (C=O) groups excluding carboxylic acids is 4. The number of methoxy groups -OCH3 is 1. The lowest BCUT2D eigenvalue weighted by molar-refractivity contribution is -0.165. The predicted molar refractivity (Wildman–Crippen MR) is 205 cm³/mol. The van der Waals surface area contributed by atoms with Crippen molar-refractivity contribution in [3.05, 3.63) is 68.8 Å². The summed E-state index contributed by atoms with van der Waals surface area (Å²) in [5, 5.41) is 14.3. The lowest BCUT2D eigenvalue weighted by Gasteiger charge is -2.46. The highest BCUT2D eigenvalue weighted by Gasteiger charge is 2.48. The van der Waals surface area contributed by atoms with Gasteiger partial charge in [-0.15, -0.1) is 23.7 Å². The fourth-order valence-corrected chi connectivity index (χ4v) is 7.12. The molecule has 16 heteroatoms. The van der Waals surface area contributed by atoms with Gasteiger partial charge in [0, 0.05) is 49.9 Å². The molecule has 3 aromatic rings. The lowest BCUT2D eigenvalue weighted by Crippen LogP contribution is -2.62. The summed E-state index contributed by atoms with van der Waals surface area (Å²) in [6.45, 7) is 15.4. The fraction of sp³-hybridized carbons (Fsp3) is 0.526. The number of hydrogen-bond acceptors (Lipinski definition) is 11. The number of likely N-dealkylation sites (tertiary alicyclic amines) is 1. The third kappa shape index (κ3) is 9.85. The third-order valence-corrected chi connectivity index (χ3v) is 10.2. The van der Waals surface area contributed by atoms with Crippen LogP contribution in [0.15, 0.2) is 41.5 Å². The Balaban J connectivity index is 0.000000353. The average Bonchev–Trinajstić information content (AvgIpc) is 3.53. The highest BCUT2D eigenvalue weighted by Crippen LogP contribution is 2.36. The van der Waals surface area contributed by atoms with Crippen LogP contribution in [-0.2, 0) is 35.8 Å². The second-order valence-electron chi connectivity index (χ2n) is 14.7. The SMILES string of the molecule is CCN1C[C@](C)(C(=O)N2CCC2)n2cc(-c3ncc(Cc4ccc(F)cc4)s3)c(=O)c(O)c2C1=O.CCNC[C@@](C)(CC(=O)OC(C)(C)C)C(=O)OC.Cl. The maximum atomic E-state index is 13.5. The van der Waals surface area contributed by atoms with E-state index in [9.17, 15) is 33.5 Å². The standard InChI is InChI=1S/C25H25FN4O4S.C13H25NO4.ClH/c1-3-28-14-25(2,24(34)29-9-4-10-29)30-13-18(20(31)21(32)19(30)23(28)33)22-27-12-17(35-22)11-15-5-7-16(26)8-6-15;1-7-14-9-13(5,11(16)17-6)8-10(15)18-12(2,3)4;/h5-8,12-13,32H,3-4,9-11,14H2,1-2H3;14H,7-9H2,1-6H3;1H/t25-;13-;/m11./s1. The topological polar surface area (TPSA) is 160 Å². The Bertz CT molecular complexity index is 1890. The summed E-state index contributed by atoms with van der Waals surface area (Å²) in [5.41, 5.74) is -2.48. The van der Waals surface area contributed by atoms with E-state index in [0.29, 0.717) is 37.6 Å². The number of likely N-dealkylation sites (N-methyl/N-ethyl adjacent to an activating group) is 1. The summed E-state index contributed by atoms with van der Waals surface area (Å²) in [4.78, 5) is 71.8. The molecule has 1 saturated heterocycles. The van der Waals surface area contributed by atoms with E-state index in [-0.39, 0.29) is 48.4 Å². The molecule has 1 aromatic carbocycles. The molecule has 2 aliphatic heterocycles. The molecule has 0 aliphatic carbocycles. The fourth-order valence-electron chi connectivity index (χ4n) is 6.17. The third-order valence-electron chi connectivity index (χ3n) is 9.16. The van der Waals surface area contributed by atoms with Gasteiger partial charge in [-0.2, -0.15) is 0 Å². The second-order valence-corrected chi connectivity index (χ2v) is 15.8. The van der Waals surface area contributed by atoms with Crippen molar-refractivity contribution in [1.82, 2.24) is 24.7 Å². The van der Waals surface area contributed by atoms with Crippen molar-refractivity contribution >= 4 is 47.5 Å². The van der Waals surface area contributed by atoms with Crippen molar-refractivity contribution < 1.29 is 38.1 Å². The van der Waals surface area contributed by atoms with E-state index in [1.807, 2.05) is 6.92 Å². The van der Waals surface area contributed by atoms with Crippen molar-refractivity contribution in [2.24, 2.45) is 5.41 Å². The highest BCUT2D eigenvalue weighted by molar-refractivity contribution is 7.15. The van der Waals surface area contributed by atoms with Crippen molar-refractivity contribution in [2.75, 3.05) is 46.4 Å². The summed E-state index contributed by atoms with van der Waals surface area (Å²) in [7, 11) is 1.32. The number of rotatable bonds is 11. The van der Waals surface area contributed by atoms with Gasteiger partial charge in [0.05, 0.1) is 31.1 Å². The van der Waals surface area contributed by atoms with Gasteiger partial charge in [0.2, 0.25) is 11.3 Å². The maximum absolute atomic E-state index is 13.5. The molecule has 54 heavy (non-hydrogen) atoms. The summed E-state index contributed by atoms with van der Waals surface area (Å²) in [6, 6.07) is 6.15. The van der Waals surface area contributed by atoms with Gasteiger partial charge in [-0.05, 0) is 72.2 Å². The van der Waals surface area contributed by atoms with Gasteiger partial charge in [0.1, 0.15) is 22.0 Å². The van der Waals surface area contributed by atoms with Crippen molar-refractivity contribution in [1.29, 1.82) is 0 Å². The number of aromatic nitrogens is 2. The molecule has 0 bridgehead atoms. The van der Waals surface area contributed by atoms with Gasteiger partial charge in [-0.3, -0.25) is 24.0 Å². The number of aromatic hydroxyl groups is 1. The number of pyridine rings is 1. The van der Waals surface area contributed by atoms with Gasteiger partial charge < -0.3 is 34.3 Å². The smallest absolute Gasteiger partial charge is 0.313 e. The minimum Gasteiger partial charge on any atom is -0.503 e.